The number of hydrogen-bond donors (Lipinski definition) is 1. The first-order valence-corrected chi connectivity index (χ1v) is 8.19. The van der Waals surface area contributed by atoms with E-state index >= 15 is 0 Å². The third kappa shape index (κ3) is 2.52. The van der Waals surface area contributed by atoms with Crippen molar-refractivity contribution in [3.8, 4) is 0 Å². The highest BCUT2D eigenvalue weighted by atomic mass is 35.5. The van der Waals surface area contributed by atoms with Gasteiger partial charge in [0.15, 0.2) is 0 Å². The largest absolute Gasteiger partial charge is 0.364 e. The van der Waals surface area contributed by atoms with Crippen molar-refractivity contribution < 1.29 is 9.00 Å². The van der Waals surface area contributed by atoms with Gasteiger partial charge < -0.3 is 10.2 Å². The molecule has 0 spiro atoms. The van der Waals surface area contributed by atoms with Gasteiger partial charge in [0.1, 0.15) is 10.7 Å². The Bertz CT molecular complexity index is 595. The van der Waals surface area contributed by atoms with Crippen LogP contribution in [0.15, 0.2) is 4.90 Å². The molecule has 2 aliphatic rings. The van der Waals surface area contributed by atoms with Gasteiger partial charge in [-0.15, -0.1) is 0 Å². The van der Waals surface area contributed by atoms with Gasteiger partial charge in [0.25, 0.3) is 0 Å². The van der Waals surface area contributed by atoms with Crippen LogP contribution in [-0.4, -0.2) is 50.4 Å². The molecule has 8 heteroatoms. The van der Waals surface area contributed by atoms with E-state index in [1.807, 2.05) is 0 Å². The first-order valence-electron chi connectivity index (χ1n) is 6.50. The summed E-state index contributed by atoms with van der Waals surface area (Å²) in [6.07, 6.45) is 1.92. The number of nitrogens with zero attached hydrogens (tertiary/aromatic N) is 3. The maximum Gasteiger partial charge on any atom is 0.224 e. The molecule has 1 saturated heterocycles. The van der Waals surface area contributed by atoms with Crippen LogP contribution in [0.2, 0.25) is 5.28 Å². The van der Waals surface area contributed by atoms with E-state index in [-0.39, 0.29) is 17.2 Å². The Hall–Kier alpha value is -1.21. The average Bonchev–Trinajstić information content (AvgIpc) is 2.75. The lowest BCUT2D eigenvalue weighted by molar-refractivity contribution is -0.132. The van der Waals surface area contributed by atoms with Crippen LogP contribution in [0.3, 0.4) is 0 Å². The minimum atomic E-state index is -1.06. The summed E-state index contributed by atoms with van der Waals surface area (Å²) in [5.41, 5.74) is 0.770. The number of carbonyl (C=O) groups excluding carboxylic acids is 1. The predicted molar refractivity (Wildman–Crippen MR) is 76.3 cm³/mol. The van der Waals surface area contributed by atoms with Crippen molar-refractivity contribution in [3.63, 3.8) is 0 Å². The fourth-order valence-corrected chi connectivity index (χ4v) is 4.09. The van der Waals surface area contributed by atoms with E-state index in [0.29, 0.717) is 35.9 Å². The van der Waals surface area contributed by atoms with Crippen LogP contribution in [0.5, 0.6) is 0 Å². The van der Waals surface area contributed by atoms with Crippen molar-refractivity contribution in [1.29, 1.82) is 0 Å². The summed E-state index contributed by atoms with van der Waals surface area (Å²) in [5.74, 6) is 1.28. The standard InChI is InChI=1S/C12H15ClN4O2S/c1-17-6-7(2-3-9(17)18)14-11-10-8(4-5-20(10)19)15-12(13)16-11/h7H,2-6H2,1H3,(H,14,15,16)/t7-,20+/m0/s1. The third-order valence-corrected chi connectivity index (χ3v) is 5.26. The van der Waals surface area contributed by atoms with Gasteiger partial charge in [-0.05, 0) is 18.0 Å². The smallest absolute Gasteiger partial charge is 0.224 e. The van der Waals surface area contributed by atoms with Gasteiger partial charge in [0, 0.05) is 38.2 Å². The molecule has 20 heavy (non-hydrogen) atoms. The van der Waals surface area contributed by atoms with Gasteiger partial charge in [-0.2, -0.15) is 4.98 Å². The van der Waals surface area contributed by atoms with E-state index < -0.39 is 10.8 Å². The average molecular weight is 315 g/mol. The monoisotopic (exact) mass is 314 g/mol. The molecule has 1 fully saturated rings. The fraction of sp³-hybridized carbons (Fsp3) is 0.583. The number of aromatic nitrogens is 2. The minimum absolute atomic E-state index is 0.102. The SMILES string of the molecule is CN1C[C@@H](Nc2nc(Cl)nc3c2[S@](=O)CC3)CCC1=O. The summed E-state index contributed by atoms with van der Waals surface area (Å²) in [4.78, 5) is 22.2. The highest BCUT2D eigenvalue weighted by Crippen LogP contribution is 2.30. The first-order chi connectivity index (χ1) is 9.54. The minimum Gasteiger partial charge on any atom is -0.364 e. The zero-order valence-electron chi connectivity index (χ0n) is 11.1. The van der Waals surface area contributed by atoms with E-state index in [4.69, 9.17) is 11.6 Å². The summed E-state index contributed by atoms with van der Waals surface area (Å²) in [7, 11) is 0.719. The van der Waals surface area contributed by atoms with E-state index in [0.717, 1.165) is 12.1 Å². The molecule has 0 saturated carbocycles. The van der Waals surface area contributed by atoms with Crippen molar-refractivity contribution in [2.75, 3.05) is 24.7 Å². The Morgan fingerprint density at radius 1 is 1.40 bits per heavy atom. The number of amides is 1. The number of rotatable bonds is 2. The van der Waals surface area contributed by atoms with E-state index in [1.54, 1.807) is 11.9 Å². The molecule has 1 amide bonds. The topological polar surface area (TPSA) is 75.2 Å². The molecule has 0 unspecified atom stereocenters. The Labute approximate surface area is 124 Å². The van der Waals surface area contributed by atoms with Gasteiger partial charge in [0.2, 0.25) is 11.2 Å². The summed E-state index contributed by atoms with van der Waals surface area (Å²) >= 11 is 5.92. The van der Waals surface area contributed by atoms with Gasteiger partial charge >= 0.3 is 0 Å². The lowest BCUT2D eigenvalue weighted by Crippen LogP contribution is -2.43. The summed E-state index contributed by atoms with van der Waals surface area (Å²) in [6.45, 7) is 0.613. The number of fused-ring (bicyclic) bond motifs is 1. The molecule has 2 aliphatic heterocycles. The van der Waals surface area contributed by atoms with Crippen molar-refractivity contribution >= 4 is 34.1 Å². The lowest BCUT2D eigenvalue weighted by Gasteiger charge is -2.30. The molecule has 1 aromatic rings. The van der Waals surface area contributed by atoms with Crippen LogP contribution in [0.4, 0.5) is 5.82 Å². The maximum atomic E-state index is 12.0. The molecule has 0 bridgehead atoms. The fourth-order valence-electron chi connectivity index (χ4n) is 2.59. The van der Waals surface area contributed by atoms with Crippen molar-refractivity contribution in [2.45, 2.75) is 30.2 Å². The van der Waals surface area contributed by atoms with Crippen LogP contribution < -0.4 is 5.32 Å². The summed E-state index contributed by atoms with van der Waals surface area (Å²) in [5, 5.41) is 3.45. The number of anilines is 1. The summed E-state index contributed by atoms with van der Waals surface area (Å²) < 4.78 is 12.0. The van der Waals surface area contributed by atoms with Crippen molar-refractivity contribution in [2.24, 2.45) is 0 Å². The highest BCUT2D eigenvalue weighted by molar-refractivity contribution is 7.85. The van der Waals surface area contributed by atoms with Crippen LogP contribution in [0.25, 0.3) is 0 Å². The van der Waals surface area contributed by atoms with Crippen molar-refractivity contribution in [1.82, 2.24) is 14.9 Å². The van der Waals surface area contributed by atoms with E-state index in [1.165, 1.54) is 0 Å². The van der Waals surface area contributed by atoms with Crippen LogP contribution in [0, 0.1) is 0 Å². The van der Waals surface area contributed by atoms with Gasteiger partial charge in [0.05, 0.1) is 16.5 Å². The third-order valence-electron chi connectivity index (χ3n) is 3.63. The zero-order valence-corrected chi connectivity index (χ0v) is 12.6. The van der Waals surface area contributed by atoms with Gasteiger partial charge in [-0.25, -0.2) is 4.98 Å². The molecular formula is C12H15ClN4O2S. The zero-order chi connectivity index (χ0) is 14.3. The normalized spacial score (nSPS) is 25.7. The van der Waals surface area contributed by atoms with E-state index in [2.05, 4.69) is 15.3 Å². The van der Waals surface area contributed by atoms with E-state index in [9.17, 15) is 9.00 Å². The first kappa shape index (κ1) is 13.8. The second-order valence-corrected chi connectivity index (χ2v) is 6.92. The molecule has 0 aliphatic carbocycles. The molecule has 3 rings (SSSR count). The number of piperidine rings is 1. The number of nitrogens with one attached hydrogen (secondary N) is 1. The maximum absolute atomic E-state index is 12.0. The molecule has 1 aromatic heterocycles. The molecular weight excluding hydrogens is 300 g/mol. The second kappa shape index (κ2) is 5.29. The molecule has 0 radical (unpaired) electrons. The quantitative estimate of drug-likeness (QED) is 0.818. The second-order valence-electron chi connectivity index (χ2n) is 5.07. The highest BCUT2D eigenvalue weighted by Gasteiger charge is 2.29. The van der Waals surface area contributed by atoms with Gasteiger partial charge in [-0.3, -0.25) is 9.00 Å². The number of aryl methyl sites for hydroxylation is 1. The number of likely N-dealkylation sites (N-methyl/N-ethyl adjacent to an activating group) is 1. The van der Waals surface area contributed by atoms with Crippen molar-refractivity contribution in [3.05, 3.63) is 11.0 Å². The molecule has 0 aromatic carbocycles. The van der Waals surface area contributed by atoms with Crippen LogP contribution >= 0.6 is 11.6 Å². The lowest BCUT2D eigenvalue weighted by atomic mass is 10.1. The number of carbonyl (C=O) groups is 1. The predicted octanol–water partition coefficient (Wildman–Crippen LogP) is 0.826. The number of likely N-dealkylation sites (tertiary alicyclic amines) is 1. The number of hydrogen-bond acceptors (Lipinski definition) is 5. The molecule has 6 nitrogen and oxygen atoms in total. The van der Waals surface area contributed by atoms with Crippen LogP contribution in [-0.2, 0) is 22.0 Å². The molecule has 3 heterocycles. The Kier molecular flexibility index (Phi) is 3.64. The Morgan fingerprint density at radius 2 is 2.20 bits per heavy atom. The summed E-state index contributed by atoms with van der Waals surface area (Å²) in [6, 6.07) is 0.102. The Balaban J connectivity index is 1.85. The molecule has 2 atom stereocenters. The van der Waals surface area contributed by atoms with Gasteiger partial charge in [-0.1, -0.05) is 0 Å². The van der Waals surface area contributed by atoms with Crippen LogP contribution in [0.1, 0.15) is 18.5 Å². The number of halogens is 1. The Morgan fingerprint density at radius 3 is 2.95 bits per heavy atom. The molecule has 1 N–H and O–H groups in total. The molecule has 108 valence electrons.